The van der Waals surface area contributed by atoms with Crippen LogP contribution in [0.5, 0.6) is 0 Å². The standard InChI is InChI=1S/C8H18O4/c1-6(2)4-5-7(3)8(11-9)12-10/h6-10H,4-5H2,1-3H3. The van der Waals surface area contributed by atoms with Crippen LogP contribution in [0.15, 0.2) is 0 Å². The maximum atomic E-state index is 8.28. The Bertz CT molecular complexity index is 101. The molecule has 0 radical (unpaired) electrons. The highest BCUT2D eigenvalue weighted by atomic mass is 17.2. The van der Waals surface area contributed by atoms with Crippen LogP contribution in [-0.2, 0) is 9.78 Å². The van der Waals surface area contributed by atoms with Crippen LogP contribution in [0.25, 0.3) is 0 Å². The summed E-state index contributed by atoms with van der Waals surface area (Å²) < 4.78 is 0. The van der Waals surface area contributed by atoms with Crippen molar-refractivity contribution in [3.8, 4) is 0 Å². The number of hydrogen-bond acceptors (Lipinski definition) is 4. The van der Waals surface area contributed by atoms with Gasteiger partial charge in [-0.3, -0.25) is 0 Å². The molecule has 0 spiro atoms. The highest BCUT2D eigenvalue weighted by Crippen LogP contribution is 2.16. The predicted octanol–water partition coefficient (Wildman–Crippen LogP) is 2.36. The Hall–Kier alpha value is -0.160. The van der Waals surface area contributed by atoms with Crippen molar-refractivity contribution in [1.82, 2.24) is 0 Å². The van der Waals surface area contributed by atoms with Gasteiger partial charge in [0.25, 0.3) is 0 Å². The summed E-state index contributed by atoms with van der Waals surface area (Å²) in [5, 5.41) is 16.6. The average molecular weight is 178 g/mol. The van der Waals surface area contributed by atoms with Crippen LogP contribution in [0, 0.1) is 11.8 Å². The highest BCUT2D eigenvalue weighted by molar-refractivity contribution is 4.57. The van der Waals surface area contributed by atoms with Gasteiger partial charge in [-0.1, -0.05) is 27.2 Å². The second kappa shape index (κ2) is 6.37. The molecule has 0 saturated heterocycles. The van der Waals surface area contributed by atoms with Gasteiger partial charge in [-0.15, -0.1) is 0 Å². The van der Waals surface area contributed by atoms with E-state index in [4.69, 9.17) is 10.5 Å². The normalized spacial score (nSPS) is 14.2. The average Bonchev–Trinajstić information content (AvgIpc) is 2.03. The van der Waals surface area contributed by atoms with Gasteiger partial charge in [0.05, 0.1) is 0 Å². The van der Waals surface area contributed by atoms with Crippen molar-refractivity contribution < 1.29 is 20.3 Å². The van der Waals surface area contributed by atoms with Crippen LogP contribution >= 0.6 is 0 Å². The molecule has 12 heavy (non-hydrogen) atoms. The van der Waals surface area contributed by atoms with Crippen molar-refractivity contribution in [1.29, 1.82) is 0 Å². The van der Waals surface area contributed by atoms with E-state index >= 15 is 0 Å². The molecule has 0 heterocycles. The number of rotatable bonds is 6. The molecule has 0 aliphatic rings. The van der Waals surface area contributed by atoms with Crippen LogP contribution in [0.1, 0.15) is 33.6 Å². The van der Waals surface area contributed by atoms with Crippen LogP contribution in [-0.4, -0.2) is 16.8 Å². The summed E-state index contributed by atoms with van der Waals surface area (Å²) in [7, 11) is 0. The Morgan fingerprint density at radius 3 is 1.83 bits per heavy atom. The summed E-state index contributed by atoms with van der Waals surface area (Å²) in [4.78, 5) is 7.84. The van der Waals surface area contributed by atoms with Gasteiger partial charge in [0, 0.05) is 5.92 Å². The summed E-state index contributed by atoms with van der Waals surface area (Å²) >= 11 is 0. The van der Waals surface area contributed by atoms with Crippen molar-refractivity contribution in [3.05, 3.63) is 0 Å². The lowest BCUT2D eigenvalue weighted by atomic mass is 9.99. The Morgan fingerprint density at radius 2 is 1.50 bits per heavy atom. The van der Waals surface area contributed by atoms with Crippen molar-refractivity contribution in [2.24, 2.45) is 11.8 Å². The molecule has 1 unspecified atom stereocenters. The molecule has 2 N–H and O–H groups in total. The van der Waals surface area contributed by atoms with E-state index in [1.54, 1.807) is 0 Å². The minimum absolute atomic E-state index is 0.0117. The molecule has 0 aliphatic carbocycles. The lowest BCUT2D eigenvalue weighted by molar-refractivity contribution is -0.442. The Balaban J connectivity index is 3.61. The summed E-state index contributed by atoms with van der Waals surface area (Å²) in [6, 6.07) is 0. The molecule has 1 atom stereocenters. The van der Waals surface area contributed by atoms with Gasteiger partial charge >= 0.3 is 0 Å². The molecule has 0 amide bonds. The SMILES string of the molecule is CC(C)CCC(C)C(OO)OO. The summed E-state index contributed by atoms with van der Waals surface area (Å²) in [5.74, 6) is 0.591. The van der Waals surface area contributed by atoms with E-state index in [9.17, 15) is 0 Å². The van der Waals surface area contributed by atoms with Crippen molar-refractivity contribution in [3.63, 3.8) is 0 Å². The topological polar surface area (TPSA) is 58.9 Å². The smallest absolute Gasteiger partial charge is 0.226 e. The van der Waals surface area contributed by atoms with Crippen molar-refractivity contribution in [2.75, 3.05) is 0 Å². The van der Waals surface area contributed by atoms with E-state index in [1.807, 2.05) is 6.92 Å². The third-order valence-corrected chi connectivity index (χ3v) is 1.87. The Morgan fingerprint density at radius 1 is 1.00 bits per heavy atom. The van der Waals surface area contributed by atoms with Gasteiger partial charge in [0.15, 0.2) is 0 Å². The minimum atomic E-state index is -0.927. The molecule has 0 rings (SSSR count). The van der Waals surface area contributed by atoms with E-state index in [0.717, 1.165) is 12.8 Å². The molecule has 0 saturated carbocycles. The molecule has 74 valence electrons. The van der Waals surface area contributed by atoms with Gasteiger partial charge in [0.2, 0.25) is 6.29 Å². The van der Waals surface area contributed by atoms with Crippen LogP contribution < -0.4 is 0 Å². The highest BCUT2D eigenvalue weighted by Gasteiger charge is 2.18. The van der Waals surface area contributed by atoms with Gasteiger partial charge in [-0.2, -0.15) is 0 Å². The Labute approximate surface area is 73.0 Å². The lowest BCUT2D eigenvalue weighted by Crippen LogP contribution is -2.23. The first-order valence-electron chi connectivity index (χ1n) is 4.22. The summed E-state index contributed by atoms with van der Waals surface area (Å²) in [5.41, 5.74) is 0. The molecular formula is C8H18O4. The molecule has 0 bridgehead atoms. The number of hydrogen-bond donors (Lipinski definition) is 2. The largest absolute Gasteiger partial charge is 0.249 e. The second-order valence-electron chi connectivity index (χ2n) is 3.53. The van der Waals surface area contributed by atoms with Crippen molar-refractivity contribution >= 4 is 0 Å². The van der Waals surface area contributed by atoms with Gasteiger partial charge in [0.1, 0.15) is 0 Å². The van der Waals surface area contributed by atoms with Gasteiger partial charge in [-0.05, 0) is 12.3 Å². The fraction of sp³-hybridized carbons (Fsp3) is 1.00. The Kier molecular flexibility index (Phi) is 6.28. The van der Waals surface area contributed by atoms with E-state index in [-0.39, 0.29) is 5.92 Å². The van der Waals surface area contributed by atoms with E-state index in [1.165, 1.54) is 0 Å². The molecule has 0 fully saturated rings. The first-order chi connectivity index (χ1) is 5.61. The van der Waals surface area contributed by atoms with E-state index in [0.29, 0.717) is 5.92 Å². The molecule has 4 nitrogen and oxygen atoms in total. The fourth-order valence-electron chi connectivity index (χ4n) is 0.959. The molecule has 0 aromatic carbocycles. The quantitative estimate of drug-likeness (QED) is 0.372. The van der Waals surface area contributed by atoms with Gasteiger partial charge < -0.3 is 0 Å². The molecule has 4 heteroatoms. The van der Waals surface area contributed by atoms with E-state index in [2.05, 4.69) is 23.6 Å². The second-order valence-corrected chi connectivity index (χ2v) is 3.53. The van der Waals surface area contributed by atoms with Crippen LogP contribution in [0.2, 0.25) is 0 Å². The minimum Gasteiger partial charge on any atom is -0.249 e. The summed E-state index contributed by atoms with van der Waals surface area (Å²) in [6.45, 7) is 6.07. The lowest BCUT2D eigenvalue weighted by Gasteiger charge is -2.17. The molecule has 0 aliphatic heterocycles. The molecular weight excluding hydrogens is 160 g/mol. The van der Waals surface area contributed by atoms with Crippen LogP contribution in [0.3, 0.4) is 0 Å². The maximum Gasteiger partial charge on any atom is 0.226 e. The van der Waals surface area contributed by atoms with E-state index < -0.39 is 6.29 Å². The first-order valence-corrected chi connectivity index (χ1v) is 4.22. The van der Waals surface area contributed by atoms with Crippen LogP contribution in [0.4, 0.5) is 0 Å². The zero-order valence-electron chi connectivity index (χ0n) is 7.86. The third kappa shape index (κ3) is 4.66. The molecule has 0 aromatic heterocycles. The maximum absolute atomic E-state index is 8.28. The van der Waals surface area contributed by atoms with Crippen molar-refractivity contribution in [2.45, 2.75) is 39.9 Å². The molecule has 0 aromatic rings. The predicted molar refractivity (Wildman–Crippen MR) is 44.5 cm³/mol. The zero-order chi connectivity index (χ0) is 9.56. The van der Waals surface area contributed by atoms with Gasteiger partial charge in [-0.25, -0.2) is 20.3 Å². The fourth-order valence-corrected chi connectivity index (χ4v) is 0.959. The monoisotopic (exact) mass is 178 g/mol. The first kappa shape index (κ1) is 11.8. The zero-order valence-corrected chi connectivity index (χ0v) is 7.86. The third-order valence-electron chi connectivity index (χ3n) is 1.87. The summed E-state index contributed by atoms with van der Waals surface area (Å²) in [6.07, 6.45) is 0.942.